The Kier molecular flexibility index (Phi) is 4.71. The lowest BCUT2D eigenvalue weighted by atomic mass is 9.98. The van der Waals surface area contributed by atoms with Crippen LogP contribution in [0.25, 0.3) is 0 Å². The highest BCUT2D eigenvalue weighted by molar-refractivity contribution is 5.90. The van der Waals surface area contributed by atoms with Gasteiger partial charge in [-0.2, -0.15) is 5.10 Å². The molecule has 0 aliphatic heterocycles. The molecular formula is C15H17N3O3. The quantitative estimate of drug-likeness (QED) is 0.852. The van der Waals surface area contributed by atoms with Crippen LogP contribution in [0.2, 0.25) is 0 Å². The number of aliphatic carboxylic acids is 1. The molecule has 1 atom stereocenters. The van der Waals surface area contributed by atoms with E-state index in [0.29, 0.717) is 12.2 Å². The van der Waals surface area contributed by atoms with Gasteiger partial charge in [-0.15, -0.1) is 0 Å². The molecule has 6 nitrogen and oxygen atoms in total. The van der Waals surface area contributed by atoms with Crippen LogP contribution < -0.4 is 5.32 Å². The fraction of sp³-hybridized carbons (Fsp3) is 0.267. The molecule has 21 heavy (non-hydrogen) atoms. The number of hydrogen-bond acceptors (Lipinski definition) is 3. The molecule has 2 aromatic rings. The monoisotopic (exact) mass is 287 g/mol. The second-order valence-corrected chi connectivity index (χ2v) is 4.86. The number of nitrogens with zero attached hydrogens (tertiary/aromatic N) is 2. The molecule has 110 valence electrons. The molecule has 0 aliphatic carbocycles. The summed E-state index contributed by atoms with van der Waals surface area (Å²) >= 11 is 0. The fourth-order valence-electron chi connectivity index (χ4n) is 2.03. The molecule has 0 aliphatic rings. The van der Waals surface area contributed by atoms with Crippen molar-refractivity contribution in [1.82, 2.24) is 9.78 Å². The van der Waals surface area contributed by atoms with Crippen LogP contribution in [-0.2, 0) is 16.1 Å². The highest BCUT2D eigenvalue weighted by atomic mass is 16.4. The van der Waals surface area contributed by atoms with E-state index in [2.05, 4.69) is 10.4 Å². The molecule has 2 N–H and O–H groups in total. The first-order chi connectivity index (χ1) is 10.0. The van der Waals surface area contributed by atoms with Crippen molar-refractivity contribution in [3.05, 3.63) is 48.2 Å². The number of hydrogen-bond donors (Lipinski definition) is 2. The van der Waals surface area contributed by atoms with E-state index < -0.39 is 5.97 Å². The maximum atomic E-state index is 12.0. The van der Waals surface area contributed by atoms with Gasteiger partial charge in [0.15, 0.2) is 5.82 Å². The smallest absolute Gasteiger partial charge is 0.325 e. The van der Waals surface area contributed by atoms with E-state index in [-0.39, 0.29) is 18.4 Å². The zero-order valence-electron chi connectivity index (χ0n) is 11.7. The lowest BCUT2D eigenvalue weighted by Crippen LogP contribution is -2.15. The molecule has 0 spiro atoms. The van der Waals surface area contributed by atoms with Gasteiger partial charge in [-0.1, -0.05) is 37.3 Å². The summed E-state index contributed by atoms with van der Waals surface area (Å²) in [5, 5.41) is 15.3. The van der Waals surface area contributed by atoms with Crippen LogP contribution in [0.15, 0.2) is 42.6 Å². The van der Waals surface area contributed by atoms with Crippen molar-refractivity contribution in [1.29, 1.82) is 0 Å². The maximum absolute atomic E-state index is 12.0. The van der Waals surface area contributed by atoms with E-state index in [0.717, 1.165) is 5.56 Å². The maximum Gasteiger partial charge on any atom is 0.325 e. The molecule has 0 fully saturated rings. The van der Waals surface area contributed by atoms with Crippen LogP contribution >= 0.6 is 0 Å². The van der Waals surface area contributed by atoms with Crippen molar-refractivity contribution in [2.75, 3.05) is 5.32 Å². The number of amides is 1. The van der Waals surface area contributed by atoms with Gasteiger partial charge in [0, 0.05) is 18.7 Å². The van der Waals surface area contributed by atoms with Gasteiger partial charge in [-0.3, -0.25) is 14.3 Å². The molecule has 2 rings (SSSR count). The fourth-order valence-corrected chi connectivity index (χ4v) is 2.03. The average Bonchev–Trinajstić information content (AvgIpc) is 2.85. The standard InChI is InChI=1S/C15H17N3O3/c1-11(12-5-3-2-4-6-12)9-14(19)16-13-7-8-18(17-13)10-15(20)21/h2-8,11H,9-10H2,1H3,(H,20,21)(H,16,17,19). The number of aromatic nitrogens is 2. The molecule has 0 saturated carbocycles. The molecule has 1 unspecified atom stereocenters. The Morgan fingerprint density at radius 1 is 1.29 bits per heavy atom. The Bertz CT molecular complexity index is 622. The summed E-state index contributed by atoms with van der Waals surface area (Å²) in [6, 6.07) is 11.4. The van der Waals surface area contributed by atoms with Gasteiger partial charge in [0.05, 0.1) is 0 Å². The summed E-state index contributed by atoms with van der Waals surface area (Å²) in [5.41, 5.74) is 1.10. The number of carboxylic acid groups (broad SMARTS) is 1. The third-order valence-electron chi connectivity index (χ3n) is 3.07. The molecular weight excluding hydrogens is 270 g/mol. The van der Waals surface area contributed by atoms with E-state index in [1.807, 2.05) is 37.3 Å². The highest BCUT2D eigenvalue weighted by Gasteiger charge is 2.12. The predicted molar refractivity (Wildman–Crippen MR) is 78.0 cm³/mol. The van der Waals surface area contributed by atoms with E-state index in [1.165, 1.54) is 10.9 Å². The first-order valence-corrected chi connectivity index (χ1v) is 6.64. The molecule has 0 radical (unpaired) electrons. The summed E-state index contributed by atoms with van der Waals surface area (Å²) in [4.78, 5) is 22.5. The third kappa shape index (κ3) is 4.45. The summed E-state index contributed by atoms with van der Waals surface area (Å²) in [6.45, 7) is 1.76. The van der Waals surface area contributed by atoms with Crippen molar-refractivity contribution in [2.24, 2.45) is 0 Å². The zero-order valence-corrected chi connectivity index (χ0v) is 11.7. The van der Waals surface area contributed by atoms with Gasteiger partial charge in [0.2, 0.25) is 5.91 Å². The molecule has 1 aromatic carbocycles. The second-order valence-electron chi connectivity index (χ2n) is 4.86. The first kappa shape index (κ1) is 14.8. The Morgan fingerprint density at radius 2 is 2.00 bits per heavy atom. The molecule has 0 saturated heterocycles. The van der Waals surface area contributed by atoms with Crippen LogP contribution in [0.1, 0.15) is 24.8 Å². The van der Waals surface area contributed by atoms with Crippen molar-refractivity contribution in [3.8, 4) is 0 Å². The van der Waals surface area contributed by atoms with Crippen LogP contribution in [0.5, 0.6) is 0 Å². The van der Waals surface area contributed by atoms with Crippen molar-refractivity contribution < 1.29 is 14.7 Å². The molecule has 1 aromatic heterocycles. The Hall–Kier alpha value is -2.63. The summed E-state index contributed by atoms with van der Waals surface area (Å²) in [7, 11) is 0. The normalized spacial score (nSPS) is 11.9. The minimum atomic E-state index is -0.978. The molecule has 6 heteroatoms. The van der Waals surface area contributed by atoms with Gasteiger partial charge < -0.3 is 10.4 Å². The van der Waals surface area contributed by atoms with Gasteiger partial charge in [-0.25, -0.2) is 0 Å². The predicted octanol–water partition coefficient (Wildman–Crippen LogP) is 2.10. The Labute approximate surface area is 122 Å². The van der Waals surface area contributed by atoms with E-state index in [1.54, 1.807) is 6.07 Å². The number of carbonyl (C=O) groups is 2. The number of carboxylic acids is 1. The largest absolute Gasteiger partial charge is 0.480 e. The number of nitrogens with one attached hydrogen (secondary N) is 1. The Morgan fingerprint density at radius 3 is 2.67 bits per heavy atom. The summed E-state index contributed by atoms with van der Waals surface area (Å²) in [5.74, 6) is -0.658. The average molecular weight is 287 g/mol. The first-order valence-electron chi connectivity index (χ1n) is 6.64. The molecule has 1 heterocycles. The van der Waals surface area contributed by atoms with E-state index >= 15 is 0 Å². The van der Waals surface area contributed by atoms with E-state index in [4.69, 9.17) is 5.11 Å². The number of rotatable bonds is 6. The number of carbonyl (C=O) groups excluding carboxylic acids is 1. The minimum absolute atomic E-state index is 0.104. The van der Waals surface area contributed by atoms with Crippen LogP contribution in [0.4, 0.5) is 5.82 Å². The van der Waals surface area contributed by atoms with Crippen molar-refractivity contribution in [3.63, 3.8) is 0 Å². The number of anilines is 1. The van der Waals surface area contributed by atoms with Crippen molar-refractivity contribution in [2.45, 2.75) is 25.8 Å². The summed E-state index contributed by atoms with van der Waals surface area (Å²) in [6.07, 6.45) is 1.86. The number of benzene rings is 1. The lowest BCUT2D eigenvalue weighted by Gasteiger charge is -2.10. The molecule has 0 bridgehead atoms. The Balaban J connectivity index is 1.89. The topological polar surface area (TPSA) is 84.2 Å². The van der Waals surface area contributed by atoms with Crippen LogP contribution in [0.3, 0.4) is 0 Å². The van der Waals surface area contributed by atoms with E-state index in [9.17, 15) is 9.59 Å². The lowest BCUT2D eigenvalue weighted by molar-refractivity contribution is -0.137. The summed E-state index contributed by atoms with van der Waals surface area (Å²) < 4.78 is 1.26. The molecule has 1 amide bonds. The van der Waals surface area contributed by atoms with Crippen LogP contribution in [-0.4, -0.2) is 26.8 Å². The van der Waals surface area contributed by atoms with Gasteiger partial charge in [0.25, 0.3) is 0 Å². The van der Waals surface area contributed by atoms with Crippen LogP contribution in [0, 0.1) is 0 Å². The second kappa shape index (κ2) is 6.69. The van der Waals surface area contributed by atoms with Gasteiger partial charge >= 0.3 is 5.97 Å². The van der Waals surface area contributed by atoms with Gasteiger partial charge in [-0.05, 0) is 11.5 Å². The van der Waals surface area contributed by atoms with Gasteiger partial charge in [0.1, 0.15) is 6.54 Å². The highest BCUT2D eigenvalue weighted by Crippen LogP contribution is 2.19. The van der Waals surface area contributed by atoms with Crippen molar-refractivity contribution >= 4 is 17.7 Å². The minimum Gasteiger partial charge on any atom is -0.480 e. The third-order valence-corrected chi connectivity index (χ3v) is 3.07. The SMILES string of the molecule is CC(CC(=O)Nc1ccn(CC(=O)O)n1)c1ccccc1. The zero-order chi connectivity index (χ0) is 15.2.